The van der Waals surface area contributed by atoms with E-state index in [1.165, 1.54) is 4.31 Å². The number of nitrogens with zero attached hydrogens (tertiary/aromatic N) is 3. The predicted octanol–water partition coefficient (Wildman–Crippen LogP) is 1.63. The minimum Gasteiger partial charge on any atom is -0.494 e. The van der Waals surface area contributed by atoms with Gasteiger partial charge in [-0.1, -0.05) is 6.07 Å². The Morgan fingerprint density at radius 1 is 1.08 bits per heavy atom. The zero-order valence-corrected chi connectivity index (χ0v) is 15.4. The molecule has 1 saturated heterocycles. The third-order valence-electron chi connectivity index (χ3n) is 4.18. The molecule has 0 bridgehead atoms. The summed E-state index contributed by atoms with van der Waals surface area (Å²) < 4.78 is 32.3. The Labute approximate surface area is 153 Å². The summed E-state index contributed by atoms with van der Waals surface area (Å²) in [7, 11) is -3.58. The standard InChI is InChI=1S/C18H21N3O4S/c1-2-25-15-6-8-16(9-7-15)26(23,24)21-13-11-20(12-14-21)18(22)17-5-3-4-10-19-17/h3-10H,2,11-14H2,1H3. The molecule has 138 valence electrons. The molecule has 0 N–H and O–H groups in total. The lowest BCUT2D eigenvalue weighted by Crippen LogP contribution is -2.50. The molecule has 1 fully saturated rings. The van der Waals surface area contributed by atoms with Crippen molar-refractivity contribution >= 4 is 15.9 Å². The van der Waals surface area contributed by atoms with Crippen LogP contribution in [-0.2, 0) is 10.0 Å². The molecule has 0 saturated carbocycles. The SMILES string of the molecule is CCOc1ccc(S(=O)(=O)N2CCN(C(=O)c3ccccn3)CC2)cc1. The van der Waals surface area contributed by atoms with E-state index in [2.05, 4.69) is 4.98 Å². The van der Waals surface area contributed by atoms with E-state index in [1.807, 2.05) is 6.92 Å². The minimum atomic E-state index is -3.58. The maximum atomic E-state index is 12.8. The number of amides is 1. The van der Waals surface area contributed by atoms with Crippen molar-refractivity contribution in [3.8, 4) is 5.75 Å². The molecule has 1 aliphatic rings. The maximum absolute atomic E-state index is 12.8. The largest absolute Gasteiger partial charge is 0.494 e. The zero-order chi connectivity index (χ0) is 18.6. The summed E-state index contributed by atoms with van der Waals surface area (Å²) in [5, 5.41) is 0. The van der Waals surface area contributed by atoms with Gasteiger partial charge >= 0.3 is 0 Å². The second-order valence-electron chi connectivity index (χ2n) is 5.82. The van der Waals surface area contributed by atoms with Gasteiger partial charge in [-0.05, 0) is 43.3 Å². The van der Waals surface area contributed by atoms with E-state index in [9.17, 15) is 13.2 Å². The molecule has 1 aromatic heterocycles. The monoisotopic (exact) mass is 375 g/mol. The summed E-state index contributed by atoms with van der Waals surface area (Å²) in [4.78, 5) is 18.3. The second-order valence-corrected chi connectivity index (χ2v) is 7.75. The number of aromatic nitrogens is 1. The second kappa shape index (κ2) is 7.84. The molecule has 0 atom stereocenters. The van der Waals surface area contributed by atoms with Gasteiger partial charge in [-0.2, -0.15) is 4.31 Å². The van der Waals surface area contributed by atoms with Gasteiger partial charge in [0, 0.05) is 32.4 Å². The molecular weight excluding hydrogens is 354 g/mol. The molecule has 0 spiro atoms. The number of benzene rings is 1. The fraction of sp³-hybridized carbons (Fsp3) is 0.333. The number of piperazine rings is 1. The Bertz CT molecular complexity index is 846. The van der Waals surface area contributed by atoms with Gasteiger partial charge in [0.2, 0.25) is 10.0 Å². The van der Waals surface area contributed by atoms with Crippen LogP contribution in [0.3, 0.4) is 0 Å². The highest BCUT2D eigenvalue weighted by Crippen LogP contribution is 2.21. The highest BCUT2D eigenvalue weighted by molar-refractivity contribution is 7.89. The Kier molecular flexibility index (Phi) is 5.53. The van der Waals surface area contributed by atoms with Crippen LogP contribution in [0, 0.1) is 0 Å². The molecule has 0 unspecified atom stereocenters. The van der Waals surface area contributed by atoms with Crippen molar-refractivity contribution in [2.24, 2.45) is 0 Å². The molecule has 3 rings (SSSR count). The van der Waals surface area contributed by atoms with Crippen LogP contribution in [0.5, 0.6) is 5.75 Å². The van der Waals surface area contributed by atoms with Crippen molar-refractivity contribution in [1.29, 1.82) is 0 Å². The van der Waals surface area contributed by atoms with E-state index >= 15 is 0 Å². The Morgan fingerprint density at radius 2 is 1.77 bits per heavy atom. The van der Waals surface area contributed by atoms with Crippen molar-refractivity contribution in [3.05, 3.63) is 54.4 Å². The first kappa shape index (κ1) is 18.3. The van der Waals surface area contributed by atoms with Crippen LogP contribution in [-0.4, -0.2) is 61.3 Å². The molecule has 0 aliphatic carbocycles. The maximum Gasteiger partial charge on any atom is 0.272 e. The number of rotatable bonds is 5. The Balaban J connectivity index is 1.66. The van der Waals surface area contributed by atoms with Crippen molar-refractivity contribution in [2.45, 2.75) is 11.8 Å². The lowest BCUT2D eigenvalue weighted by molar-refractivity contribution is 0.0692. The summed E-state index contributed by atoms with van der Waals surface area (Å²) in [6, 6.07) is 11.6. The summed E-state index contributed by atoms with van der Waals surface area (Å²) in [6.07, 6.45) is 1.57. The van der Waals surface area contributed by atoms with Gasteiger partial charge in [0.25, 0.3) is 5.91 Å². The summed E-state index contributed by atoms with van der Waals surface area (Å²) in [6.45, 7) is 3.59. The van der Waals surface area contributed by atoms with Gasteiger partial charge in [0.1, 0.15) is 11.4 Å². The highest BCUT2D eigenvalue weighted by atomic mass is 32.2. The van der Waals surface area contributed by atoms with Crippen molar-refractivity contribution < 1.29 is 17.9 Å². The molecule has 1 aliphatic heterocycles. The highest BCUT2D eigenvalue weighted by Gasteiger charge is 2.30. The lowest BCUT2D eigenvalue weighted by Gasteiger charge is -2.33. The van der Waals surface area contributed by atoms with Crippen LogP contribution in [0.2, 0.25) is 0 Å². The van der Waals surface area contributed by atoms with Crippen LogP contribution < -0.4 is 4.74 Å². The van der Waals surface area contributed by atoms with Crippen LogP contribution in [0.4, 0.5) is 0 Å². The first-order valence-corrected chi connectivity index (χ1v) is 9.89. The number of hydrogen-bond acceptors (Lipinski definition) is 5. The molecule has 8 heteroatoms. The number of pyridine rings is 1. The fourth-order valence-corrected chi connectivity index (χ4v) is 4.23. The van der Waals surface area contributed by atoms with Crippen molar-refractivity contribution in [2.75, 3.05) is 32.8 Å². The molecule has 26 heavy (non-hydrogen) atoms. The molecule has 7 nitrogen and oxygen atoms in total. The van der Waals surface area contributed by atoms with E-state index < -0.39 is 10.0 Å². The zero-order valence-electron chi connectivity index (χ0n) is 14.5. The Morgan fingerprint density at radius 3 is 2.35 bits per heavy atom. The summed E-state index contributed by atoms with van der Waals surface area (Å²) >= 11 is 0. The summed E-state index contributed by atoms with van der Waals surface area (Å²) in [5.41, 5.74) is 0.371. The van der Waals surface area contributed by atoms with Gasteiger partial charge in [-0.3, -0.25) is 9.78 Å². The van der Waals surface area contributed by atoms with Gasteiger partial charge in [0.15, 0.2) is 0 Å². The van der Waals surface area contributed by atoms with Crippen molar-refractivity contribution in [1.82, 2.24) is 14.2 Å². The fourth-order valence-electron chi connectivity index (χ4n) is 2.81. The van der Waals surface area contributed by atoms with Gasteiger partial charge < -0.3 is 9.64 Å². The average molecular weight is 375 g/mol. The third kappa shape index (κ3) is 3.86. The van der Waals surface area contributed by atoms with Crippen LogP contribution in [0.1, 0.15) is 17.4 Å². The van der Waals surface area contributed by atoms with E-state index in [1.54, 1.807) is 53.6 Å². The smallest absolute Gasteiger partial charge is 0.272 e. The van der Waals surface area contributed by atoms with Gasteiger partial charge in [-0.15, -0.1) is 0 Å². The number of hydrogen-bond donors (Lipinski definition) is 0. The van der Waals surface area contributed by atoms with Gasteiger partial charge in [0.05, 0.1) is 11.5 Å². The topological polar surface area (TPSA) is 79.8 Å². The van der Waals surface area contributed by atoms with Crippen molar-refractivity contribution in [3.63, 3.8) is 0 Å². The Hall–Kier alpha value is -2.45. The van der Waals surface area contributed by atoms with E-state index in [0.29, 0.717) is 31.1 Å². The lowest BCUT2D eigenvalue weighted by atomic mass is 10.3. The number of sulfonamides is 1. The number of ether oxygens (including phenoxy) is 1. The van der Waals surface area contributed by atoms with E-state index in [4.69, 9.17) is 4.74 Å². The first-order valence-electron chi connectivity index (χ1n) is 8.45. The van der Waals surface area contributed by atoms with Crippen LogP contribution >= 0.6 is 0 Å². The number of carbonyl (C=O) groups excluding carboxylic acids is 1. The third-order valence-corrected chi connectivity index (χ3v) is 6.10. The molecule has 1 amide bonds. The van der Waals surface area contributed by atoms with E-state index in [-0.39, 0.29) is 23.9 Å². The normalized spacial score (nSPS) is 15.7. The molecule has 2 heterocycles. The quantitative estimate of drug-likeness (QED) is 0.794. The molecule has 0 radical (unpaired) electrons. The van der Waals surface area contributed by atoms with Crippen LogP contribution in [0.25, 0.3) is 0 Å². The molecule has 1 aromatic carbocycles. The van der Waals surface area contributed by atoms with E-state index in [0.717, 1.165) is 0 Å². The molecule has 2 aromatic rings. The predicted molar refractivity (Wildman–Crippen MR) is 96.5 cm³/mol. The average Bonchev–Trinajstić information content (AvgIpc) is 2.69. The molecular formula is C18H21N3O4S. The van der Waals surface area contributed by atoms with Crippen LogP contribution in [0.15, 0.2) is 53.6 Å². The first-order chi connectivity index (χ1) is 12.5. The van der Waals surface area contributed by atoms with Gasteiger partial charge in [-0.25, -0.2) is 8.42 Å². The number of carbonyl (C=O) groups is 1. The minimum absolute atomic E-state index is 0.177. The summed E-state index contributed by atoms with van der Waals surface area (Å²) in [5.74, 6) is 0.459.